The highest BCUT2D eigenvalue weighted by atomic mass is 32.2. The molecule has 0 fully saturated rings. The van der Waals surface area contributed by atoms with Crippen molar-refractivity contribution in [3.63, 3.8) is 0 Å². The Morgan fingerprint density at radius 2 is 0.966 bits per heavy atom. The van der Waals surface area contributed by atoms with Crippen molar-refractivity contribution < 1.29 is 30.0 Å². The summed E-state index contributed by atoms with van der Waals surface area (Å²) < 4.78 is 104. The van der Waals surface area contributed by atoms with Gasteiger partial charge in [-0.3, -0.25) is 14.9 Å². The first-order valence-electron chi connectivity index (χ1n) is 17.9. The monoisotopic (exact) mass is 818 g/mol. The average Bonchev–Trinajstić information content (AvgIpc) is 3.99. The van der Waals surface area contributed by atoms with Gasteiger partial charge in [-0.25, -0.2) is 38.0 Å². The van der Waals surface area contributed by atoms with Crippen LogP contribution in [0.1, 0.15) is 16.7 Å². The van der Waals surface area contributed by atoms with Crippen LogP contribution < -0.4 is 0 Å². The molecule has 0 unspecified atom stereocenters. The molecule has 0 spiro atoms. The van der Waals surface area contributed by atoms with Crippen LogP contribution in [0.3, 0.4) is 0 Å². The van der Waals surface area contributed by atoms with Gasteiger partial charge in [0.2, 0.25) is 0 Å². The topological polar surface area (TPSA) is 123 Å². The molecule has 10 nitrogen and oxygen atoms in total. The van der Waals surface area contributed by atoms with Gasteiger partial charge >= 0.3 is 0 Å². The van der Waals surface area contributed by atoms with E-state index < -0.39 is 37.5 Å². The number of benzene rings is 3. The minimum absolute atomic E-state index is 0.0557. The smallest absolute Gasteiger partial charge is 0.269 e. The van der Waals surface area contributed by atoms with E-state index in [1.807, 2.05) is 4.90 Å². The first-order chi connectivity index (χ1) is 28.0. The quantitative estimate of drug-likeness (QED) is 0.124. The Hall–Kier alpha value is -6.55. The van der Waals surface area contributed by atoms with Crippen LogP contribution in [-0.4, -0.2) is 44.6 Å². The van der Waals surface area contributed by atoms with E-state index in [4.69, 9.17) is 0 Å². The lowest BCUT2D eigenvalue weighted by Gasteiger charge is -2.21. The number of pyridine rings is 2. The van der Waals surface area contributed by atoms with Crippen LogP contribution in [-0.2, 0) is 39.7 Å². The van der Waals surface area contributed by atoms with Crippen LogP contribution in [0.5, 0.6) is 0 Å². The first kappa shape index (κ1) is 38.3. The van der Waals surface area contributed by atoms with Crippen molar-refractivity contribution >= 4 is 20.0 Å². The molecule has 0 amide bonds. The highest BCUT2D eigenvalue weighted by Crippen LogP contribution is 2.33. The normalized spacial score (nSPS) is 12.0. The first-order valence-corrected chi connectivity index (χ1v) is 20.7. The lowest BCUT2D eigenvalue weighted by atomic mass is 10.1. The molecular formula is C43H33F3N6O4S2. The number of H-pyrrole nitrogens is 1. The van der Waals surface area contributed by atoms with Crippen LogP contribution in [0.25, 0.3) is 33.8 Å². The van der Waals surface area contributed by atoms with Crippen LogP contribution in [0.15, 0.2) is 168 Å². The van der Waals surface area contributed by atoms with Crippen LogP contribution in [0.2, 0.25) is 0 Å². The van der Waals surface area contributed by atoms with Crippen LogP contribution in [0, 0.1) is 17.5 Å². The van der Waals surface area contributed by atoms with Gasteiger partial charge in [0.1, 0.15) is 27.2 Å². The molecule has 0 aliphatic carbocycles. The van der Waals surface area contributed by atoms with E-state index in [9.17, 15) is 21.2 Å². The van der Waals surface area contributed by atoms with E-state index in [-0.39, 0.29) is 51.9 Å². The average molecular weight is 819 g/mol. The van der Waals surface area contributed by atoms with E-state index in [0.717, 1.165) is 13.5 Å². The molecule has 8 aromatic rings. The standard InChI is InChI=1S/C43H33F3N6O4S2/c44-38-14-4-1-11-35(38)41-19-30(22-49-41)25-50(26-31-20-42(36-12-2-5-15-39(36)45)51(28-31)57(53,54)33-9-7-17-47-23-33)27-32-21-43(37-13-3-6-16-40(37)46)52(29-32)58(55,56)34-10-8-18-48-24-34/h1-24,28-29,49H,25-27H2. The molecule has 15 heteroatoms. The number of nitrogens with one attached hydrogen (secondary N) is 1. The molecular weight excluding hydrogens is 786 g/mol. The fourth-order valence-electron chi connectivity index (χ4n) is 6.83. The van der Waals surface area contributed by atoms with Crippen molar-refractivity contribution in [3.05, 3.63) is 193 Å². The molecule has 0 aliphatic rings. The summed E-state index contributed by atoms with van der Waals surface area (Å²) in [6.45, 7) is 0.357. The largest absolute Gasteiger partial charge is 0.361 e. The summed E-state index contributed by atoms with van der Waals surface area (Å²) in [7, 11) is -8.52. The maximum absolute atomic E-state index is 15.3. The summed E-state index contributed by atoms with van der Waals surface area (Å²) >= 11 is 0. The Labute approximate surface area is 332 Å². The van der Waals surface area contributed by atoms with Crippen LogP contribution >= 0.6 is 0 Å². The maximum atomic E-state index is 15.3. The molecule has 0 aliphatic heterocycles. The molecule has 292 valence electrons. The molecule has 5 heterocycles. The van der Waals surface area contributed by atoms with Crippen molar-refractivity contribution in [2.75, 3.05) is 0 Å². The molecule has 0 saturated carbocycles. The third kappa shape index (κ3) is 7.62. The molecule has 58 heavy (non-hydrogen) atoms. The zero-order chi connectivity index (χ0) is 40.4. The fraction of sp³-hybridized carbons (Fsp3) is 0.0698. The van der Waals surface area contributed by atoms with E-state index in [1.165, 1.54) is 104 Å². The summed E-state index contributed by atoms with van der Waals surface area (Å²) in [5.74, 6) is -1.67. The zero-order valence-corrected chi connectivity index (χ0v) is 32.1. The zero-order valence-electron chi connectivity index (χ0n) is 30.5. The van der Waals surface area contributed by atoms with Gasteiger partial charge < -0.3 is 4.98 Å². The van der Waals surface area contributed by atoms with E-state index in [2.05, 4.69) is 15.0 Å². The molecule has 5 aromatic heterocycles. The molecule has 8 rings (SSSR count). The predicted octanol–water partition coefficient (Wildman–Crippen LogP) is 8.50. The Bertz CT molecular complexity index is 2810. The second-order valence-electron chi connectivity index (χ2n) is 13.5. The maximum Gasteiger partial charge on any atom is 0.269 e. The summed E-state index contributed by atoms with van der Waals surface area (Å²) in [6.07, 6.45) is 9.87. The number of aromatic nitrogens is 5. The minimum atomic E-state index is -4.26. The SMILES string of the molecule is O=S(=O)(c1cccnc1)n1cc(CN(Cc2c[nH]c(-c3ccccc3F)c2)Cc2cc(-c3ccccc3F)n(S(=O)(=O)c3cccnc3)c2)cc1-c1ccccc1F. The van der Waals surface area contributed by atoms with Crippen molar-refractivity contribution in [1.29, 1.82) is 0 Å². The van der Waals surface area contributed by atoms with Gasteiger partial charge in [0.05, 0.1) is 11.4 Å². The number of hydrogen-bond acceptors (Lipinski definition) is 7. The third-order valence-electron chi connectivity index (χ3n) is 9.49. The van der Waals surface area contributed by atoms with Gasteiger partial charge in [0, 0.05) is 85.4 Å². The molecule has 0 saturated heterocycles. The van der Waals surface area contributed by atoms with E-state index in [0.29, 0.717) is 22.4 Å². The lowest BCUT2D eigenvalue weighted by molar-refractivity contribution is 0.248. The number of hydrogen-bond donors (Lipinski definition) is 1. The lowest BCUT2D eigenvalue weighted by Crippen LogP contribution is -2.22. The number of halogens is 3. The van der Waals surface area contributed by atoms with Gasteiger partial charge in [-0.1, -0.05) is 36.4 Å². The molecule has 1 N–H and O–H groups in total. The molecule has 0 bridgehead atoms. The van der Waals surface area contributed by atoms with Gasteiger partial charge in [-0.2, -0.15) is 0 Å². The second kappa shape index (κ2) is 15.8. The second-order valence-corrected chi connectivity index (χ2v) is 17.1. The Morgan fingerprint density at radius 3 is 1.40 bits per heavy atom. The Kier molecular flexibility index (Phi) is 10.4. The van der Waals surface area contributed by atoms with Gasteiger partial charge in [-0.05, 0) is 95.6 Å². The van der Waals surface area contributed by atoms with Gasteiger partial charge in [-0.15, -0.1) is 0 Å². The van der Waals surface area contributed by atoms with Crippen molar-refractivity contribution in [2.24, 2.45) is 0 Å². The van der Waals surface area contributed by atoms with Gasteiger partial charge in [0.25, 0.3) is 20.0 Å². The highest BCUT2D eigenvalue weighted by molar-refractivity contribution is 7.90. The van der Waals surface area contributed by atoms with E-state index >= 15 is 8.78 Å². The van der Waals surface area contributed by atoms with Crippen LogP contribution in [0.4, 0.5) is 13.2 Å². The summed E-state index contributed by atoms with van der Waals surface area (Å²) in [6, 6.07) is 28.7. The number of rotatable bonds is 13. The number of nitrogens with zero attached hydrogens (tertiary/aromatic N) is 5. The Morgan fingerprint density at radius 1 is 0.534 bits per heavy atom. The van der Waals surface area contributed by atoms with E-state index in [1.54, 1.807) is 54.7 Å². The van der Waals surface area contributed by atoms with Gasteiger partial charge in [0.15, 0.2) is 0 Å². The molecule has 3 aromatic carbocycles. The summed E-state index contributed by atoms with van der Waals surface area (Å²) in [5, 5.41) is 0. The highest BCUT2D eigenvalue weighted by Gasteiger charge is 2.27. The van der Waals surface area contributed by atoms with Crippen molar-refractivity contribution in [2.45, 2.75) is 29.4 Å². The molecule has 0 radical (unpaired) electrons. The van der Waals surface area contributed by atoms with Crippen molar-refractivity contribution in [3.8, 4) is 33.8 Å². The Balaban J connectivity index is 1.23. The molecule has 0 atom stereocenters. The summed E-state index contributed by atoms with van der Waals surface area (Å²) in [4.78, 5) is 12.8. The minimum Gasteiger partial charge on any atom is -0.361 e. The summed E-state index contributed by atoms with van der Waals surface area (Å²) in [5.41, 5.74) is 2.84. The number of aromatic amines is 1. The fourth-order valence-corrected chi connectivity index (χ4v) is 9.54. The predicted molar refractivity (Wildman–Crippen MR) is 212 cm³/mol. The van der Waals surface area contributed by atoms with Crippen molar-refractivity contribution in [1.82, 2.24) is 27.8 Å². The third-order valence-corrected chi connectivity index (χ3v) is 12.8.